The van der Waals surface area contributed by atoms with Crippen molar-refractivity contribution in [3.05, 3.63) is 0 Å². The molecule has 1 aliphatic rings. The van der Waals surface area contributed by atoms with E-state index >= 15 is 0 Å². The van der Waals surface area contributed by atoms with Crippen molar-refractivity contribution in [2.45, 2.75) is 136 Å². The average molecular weight is 471 g/mol. The van der Waals surface area contributed by atoms with Gasteiger partial charge < -0.3 is 18.9 Å². The van der Waals surface area contributed by atoms with Crippen LogP contribution >= 0.6 is 0 Å². The molecule has 0 saturated heterocycles. The lowest BCUT2D eigenvalue weighted by Gasteiger charge is -2.27. The van der Waals surface area contributed by atoms with Gasteiger partial charge in [0.05, 0.1) is 13.2 Å². The summed E-state index contributed by atoms with van der Waals surface area (Å²) >= 11 is 0. The molecule has 0 N–H and O–H groups in total. The minimum Gasteiger partial charge on any atom is -0.434 e. The lowest BCUT2D eigenvalue weighted by molar-refractivity contribution is -0.0296. The predicted octanol–water partition coefficient (Wildman–Crippen LogP) is 8.21. The highest BCUT2D eigenvalue weighted by atomic mass is 16.7. The van der Waals surface area contributed by atoms with E-state index in [1.807, 2.05) is 0 Å². The number of carbonyl (C=O) groups is 2. The molecule has 1 atom stereocenters. The number of hydrogen-bond acceptors (Lipinski definition) is 6. The van der Waals surface area contributed by atoms with Gasteiger partial charge in [-0.3, -0.25) is 0 Å². The molecule has 0 aromatic carbocycles. The highest BCUT2D eigenvalue weighted by Crippen LogP contribution is 2.24. The lowest BCUT2D eigenvalue weighted by atomic mass is 9.95. The number of unbranched alkanes of at least 4 members (excludes halogenated alkanes) is 6. The molecule has 1 rings (SSSR count). The van der Waals surface area contributed by atoms with Crippen LogP contribution in [0.15, 0.2) is 0 Å². The molecule has 1 aliphatic carbocycles. The van der Waals surface area contributed by atoms with Crippen molar-refractivity contribution in [2.24, 2.45) is 11.8 Å². The van der Waals surface area contributed by atoms with E-state index in [9.17, 15) is 9.59 Å². The average Bonchev–Trinajstić information content (AvgIpc) is 2.79. The monoisotopic (exact) mass is 470 g/mol. The summed E-state index contributed by atoms with van der Waals surface area (Å²) in [6, 6.07) is 0. The third-order valence-corrected chi connectivity index (χ3v) is 6.52. The summed E-state index contributed by atoms with van der Waals surface area (Å²) in [5.41, 5.74) is 0. The quantitative estimate of drug-likeness (QED) is 0.157. The van der Waals surface area contributed by atoms with E-state index in [-0.39, 0.29) is 12.2 Å². The Hall–Kier alpha value is -1.46. The maximum Gasteiger partial charge on any atom is 0.508 e. The first-order valence-corrected chi connectivity index (χ1v) is 13.6. The molecule has 0 aliphatic heterocycles. The summed E-state index contributed by atoms with van der Waals surface area (Å²) < 4.78 is 21.4. The molecule has 194 valence electrons. The van der Waals surface area contributed by atoms with E-state index < -0.39 is 12.3 Å². The fraction of sp³-hybridized carbons (Fsp3) is 0.926. The van der Waals surface area contributed by atoms with Gasteiger partial charge in [-0.1, -0.05) is 85.5 Å². The second-order valence-corrected chi connectivity index (χ2v) is 10.0. The van der Waals surface area contributed by atoms with Crippen LogP contribution in [0.25, 0.3) is 0 Å². The second kappa shape index (κ2) is 18.9. The molecule has 33 heavy (non-hydrogen) atoms. The first kappa shape index (κ1) is 29.6. The molecule has 1 fully saturated rings. The van der Waals surface area contributed by atoms with Crippen LogP contribution in [0, 0.1) is 11.8 Å². The molecular formula is C27H50O6. The van der Waals surface area contributed by atoms with Crippen molar-refractivity contribution in [1.29, 1.82) is 0 Å². The van der Waals surface area contributed by atoms with Crippen LogP contribution in [0.4, 0.5) is 9.59 Å². The molecule has 0 aromatic rings. The van der Waals surface area contributed by atoms with Gasteiger partial charge in [0.15, 0.2) is 0 Å². The van der Waals surface area contributed by atoms with Crippen LogP contribution < -0.4 is 0 Å². The van der Waals surface area contributed by atoms with Crippen molar-refractivity contribution < 1.29 is 28.5 Å². The topological polar surface area (TPSA) is 71.1 Å². The van der Waals surface area contributed by atoms with E-state index in [1.54, 1.807) is 0 Å². The van der Waals surface area contributed by atoms with Crippen molar-refractivity contribution in [3.63, 3.8) is 0 Å². The molecule has 6 nitrogen and oxygen atoms in total. The molecule has 1 unspecified atom stereocenters. The Labute approximate surface area is 202 Å². The van der Waals surface area contributed by atoms with Crippen LogP contribution in [0.2, 0.25) is 0 Å². The Morgan fingerprint density at radius 1 is 0.727 bits per heavy atom. The molecule has 0 aromatic heterocycles. The van der Waals surface area contributed by atoms with Gasteiger partial charge in [-0.05, 0) is 50.4 Å². The van der Waals surface area contributed by atoms with E-state index in [0.29, 0.717) is 44.8 Å². The van der Waals surface area contributed by atoms with Crippen molar-refractivity contribution in [2.75, 3.05) is 13.2 Å². The highest BCUT2D eigenvalue weighted by molar-refractivity contribution is 5.60. The summed E-state index contributed by atoms with van der Waals surface area (Å²) in [6.45, 7) is 9.68. The Kier molecular flexibility index (Phi) is 16.9. The van der Waals surface area contributed by atoms with Gasteiger partial charge in [-0.15, -0.1) is 0 Å². The molecule has 0 bridgehead atoms. The first-order valence-electron chi connectivity index (χ1n) is 13.6. The normalized spacial score (nSPS) is 19.2. The first-order chi connectivity index (χ1) is 15.9. The third-order valence-electron chi connectivity index (χ3n) is 6.52. The second-order valence-electron chi connectivity index (χ2n) is 10.0. The van der Waals surface area contributed by atoms with Crippen LogP contribution in [0.3, 0.4) is 0 Å². The minimum atomic E-state index is -0.576. The molecule has 0 radical (unpaired) electrons. The lowest BCUT2D eigenvalue weighted by Crippen LogP contribution is -2.30. The molecule has 0 heterocycles. The van der Waals surface area contributed by atoms with Crippen molar-refractivity contribution in [1.82, 2.24) is 0 Å². The summed E-state index contributed by atoms with van der Waals surface area (Å²) in [5.74, 6) is 1.20. The van der Waals surface area contributed by atoms with E-state index in [4.69, 9.17) is 18.9 Å². The summed E-state index contributed by atoms with van der Waals surface area (Å²) in [6.07, 6.45) is 14.0. The van der Waals surface area contributed by atoms with Crippen molar-refractivity contribution in [3.8, 4) is 0 Å². The fourth-order valence-corrected chi connectivity index (χ4v) is 4.21. The highest BCUT2D eigenvalue weighted by Gasteiger charge is 2.27. The predicted molar refractivity (Wildman–Crippen MR) is 131 cm³/mol. The Morgan fingerprint density at radius 2 is 1.27 bits per heavy atom. The van der Waals surface area contributed by atoms with E-state index in [1.165, 1.54) is 32.1 Å². The zero-order valence-electron chi connectivity index (χ0n) is 21.8. The number of carbonyl (C=O) groups excluding carboxylic acids is 2. The Bertz CT molecular complexity index is 499. The van der Waals surface area contributed by atoms with Gasteiger partial charge >= 0.3 is 12.3 Å². The maximum absolute atomic E-state index is 12.0. The maximum atomic E-state index is 12.0. The van der Waals surface area contributed by atoms with E-state index in [2.05, 4.69) is 27.7 Å². The Morgan fingerprint density at radius 3 is 1.82 bits per heavy atom. The third kappa shape index (κ3) is 15.9. The molecule has 6 heteroatoms. The summed E-state index contributed by atoms with van der Waals surface area (Å²) in [7, 11) is 0. The number of hydrogen-bond donors (Lipinski definition) is 0. The smallest absolute Gasteiger partial charge is 0.434 e. The number of rotatable bonds is 17. The van der Waals surface area contributed by atoms with Gasteiger partial charge in [-0.2, -0.15) is 0 Å². The standard InChI is InChI=1S/C27H50O6/c1-5-7-15-23(6-2)21-31-27(29)33-25-18-16-24(17-19-25)32-26(28)30-20-13-11-9-8-10-12-14-22(3)4/h22-25H,5-21H2,1-4H3. The summed E-state index contributed by atoms with van der Waals surface area (Å²) in [5, 5.41) is 0. The zero-order valence-corrected chi connectivity index (χ0v) is 21.8. The number of ether oxygens (including phenoxy) is 4. The van der Waals surface area contributed by atoms with Gasteiger partial charge in [0.2, 0.25) is 0 Å². The van der Waals surface area contributed by atoms with Crippen molar-refractivity contribution >= 4 is 12.3 Å². The van der Waals surface area contributed by atoms with Crippen LogP contribution in [-0.2, 0) is 18.9 Å². The SMILES string of the molecule is CCCCC(CC)COC(=O)OC1CCC(OC(=O)OCCCCCCCCC(C)C)CC1. The van der Waals surface area contributed by atoms with Gasteiger partial charge in [-0.25, -0.2) is 9.59 Å². The molecule has 1 saturated carbocycles. The molecule has 0 amide bonds. The molecular weight excluding hydrogens is 420 g/mol. The van der Waals surface area contributed by atoms with Crippen LogP contribution in [-0.4, -0.2) is 37.7 Å². The van der Waals surface area contributed by atoms with Gasteiger partial charge in [0, 0.05) is 0 Å². The summed E-state index contributed by atoms with van der Waals surface area (Å²) in [4.78, 5) is 23.9. The van der Waals surface area contributed by atoms with Crippen LogP contribution in [0.1, 0.15) is 124 Å². The largest absolute Gasteiger partial charge is 0.508 e. The van der Waals surface area contributed by atoms with Gasteiger partial charge in [0.1, 0.15) is 12.2 Å². The van der Waals surface area contributed by atoms with Crippen LogP contribution in [0.5, 0.6) is 0 Å². The van der Waals surface area contributed by atoms with E-state index in [0.717, 1.165) is 44.4 Å². The minimum absolute atomic E-state index is 0.159. The van der Waals surface area contributed by atoms with Gasteiger partial charge in [0.25, 0.3) is 0 Å². The fourth-order valence-electron chi connectivity index (χ4n) is 4.21. The Balaban J connectivity index is 2.04. The zero-order chi connectivity index (χ0) is 24.3. The molecule has 0 spiro atoms.